The monoisotopic (exact) mass is 333 g/mol. The van der Waals surface area contributed by atoms with Crippen molar-refractivity contribution in [1.29, 1.82) is 0 Å². The molecule has 2 aliphatic rings. The molecule has 0 radical (unpaired) electrons. The van der Waals surface area contributed by atoms with Crippen LogP contribution in [0.1, 0.15) is 17.5 Å². The van der Waals surface area contributed by atoms with Gasteiger partial charge in [-0.1, -0.05) is 12.1 Å². The molecule has 4 nitrogen and oxygen atoms in total. The van der Waals surface area contributed by atoms with E-state index in [1.54, 1.807) is 18.2 Å². The fraction of sp³-hybridized carbons (Fsp3) is 0.294. The lowest BCUT2D eigenvalue weighted by Gasteiger charge is -2.30. The van der Waals surface area contributed by atoms with Gasteiger partial charge in [-0.2, -0.15) is 0 Å². The molecule has 2 aromatic rings. The second kappa shape index (κ2) is 5.23. The highest BCUT2D eigenvalue weighted by Crippen LogP contribution is 2.38. The average molecular weight is 333 g/mol. The number of benzene rings is 2. The summed E-state index contributed by atoms with van der Waals surface area (Å²) in [5.74, 6) is -0.326. The van der Waals surface area contributed by atoms with Crippen LogP contribution in [0.3, 0.4) is 0 Å². The van der Waals surface area contributed by atoms with Crippen molar-refractivity contribution >= 4 is 15.7 Å². The van der Waals surface area contributed by atoms with Gasteiger partial charge in [0, 0.05) is 0 Å². The third-order valence-corrected chi connectivity index (χ3v) is 6.20. The SMILES string of the molecule is O=S(=O)(c1ccc2c(c1)CCC2)N1CCOc2cccc(F)c21. The van der Waals surface area contributed by atoms with Crippen LogP contribution in [0.15, 0.2) is 41.3 Å². The van der Waals surface area contributed by atoms with E-state index in [1.165, 1.54) is 17.7 Å². The van der Waals surface area contributed by atoms with Crippen molar-refractivity contribution < 1.29 is 17.5 Å². The van der Waals surface area contributed by atoms with Crippen LogP contribution in [0.5, 0.6) is 5.75 Å². The molecule has 0 saturated carbocycles. The summed E-state index contributed by atoms with van der Waals surface area (Å²) in [5.41, 5.74) is 2.28. The van der Waals surface area contributed by atoms with Crippen molar-refractivity contribution in [1.82, 2.24) is 0 Å². The summed E-state index contributed by atoms with van der Waals surface area (Å²) >= 11 is 0. The van der Waals surface area contributed by atoms with Gasteiger partial charge in [-0.15, -0.1) is 0 Å². The predicted octanol–water partition coefficient (Wildman–Crippen LogP) is 2.90. The molecule has 1 heterocycles. The molecule has 0 spiro atoms. The van der Waals surface area contributed by atoms with Crippen LogP contribution in [0.4, 0.5) is 10.1 Å². The van der Waals surface area contributed by atoms with E-state index in [9.17, 15) is 12.8 Å². The number of fused-ring (bicyclic) bond motifs is 2. The van der Waals surface area contributed by atoms with Crippen LogP contribution < -0.4 is 9.04 Å². The van der Waals surface area contributed by atoms with Crippen molar-refractivity contribution in [2.45, 2.75) is 24.2 Å². The number of para-hydroxylation sites is 1. The number of halogens is 1. The summed E-state index contributed by atoms with van der Waals surface area (Å²) in [7, 11) is -3.81. The highest BCUT2D eigenvalue weighted by atomic mass is 32.2. The Morgan fingerprint density at radius 1 is 1.09 bits per heavy atom. The maximum atomic E-state index is 14.2. The van der Waals surface area contributed by atoms with Crippen LogP contribution in [-0.4, -0.2) is 21.6 Å². The second-order valence-corrected chi connectivity index (χ2v) is 7.66. The summed E-state index contributed by atoms with van der Waals surface area (Å²) < 4.78 is 46.7. The third kappa shape index (κ3) is 2.28. The number of sulfonamides is 1. The first-order chi connectivity index (χ1) is 11.1. The second-order valence-electron chi connectivity index (χ2n) is 5.80. The molecule has 0 atom stereocenters. The predicted molar refractivity (Wildman–Crippen MR) is 84.9 cm³/mol. The highest BCUT2D eigenvalue weighted by molar-refractivity contribution is 7.92. The van der Waals surface area contributed by atoms with E-state index in [0.717, 1.165) is 29.1 Å². The smallest absolute Gasteiger partial charge is 0.264 e. The van der Waals surface area contributed by atoms with Gasteiger partial charge in [-0.25, -0.2) is 12.8 Å². The zero-order chi connectivity index (χ0) is 16.0. The van der Waals surface area contributed by atoms with Crippen molar-refractivity contribution in [3.63, 3.8) is 0 Å². The Morgan fingerprint density at radius 3 is 2.78 bits per heavy atom. The molecule has 0 N–H and O–H groups in total. The van der Waals surface area contributed by atoms with Crippen molar-refractivity contribution in [2.24, 2.45) is 0 Å². The lowest BCUT2D eigenvalue weighted by Crippen LogP contribution is -2.38. The Hall–Kier alpha value is -2.08. The van der Waals surface area contributed by atoms with Gasteiger partial charge in [-0.3, -0.25) is 4.31 Å². The average Bonchev–Trinajstić information content (AvgIpc) is 3.02. The van der Waals surface area contributed by atoms with Gasteiger partial charge in [0.15, 0.2) is 5.82 Å². The largest absolute Gasteiger partial charge is 0.489 e. The van der Waals surface area contributed by atoms with Crippen LogP contribution in [0.2, 0.25) is 0 Å². The minimum atomic E-state index is -3.81. The van der Waals surface area contributed by atoms with Crippen molar-refractivity contribution in [3.05, 3.63) is 53.3 Å². The highest BCUT2D eigenvalue weighted by Gasteiger charge is 2.33. The van der Waals surface area contributed by atoms with Gasteiger partial charge < -0.3 is 4.74 Å². The molecular weight excluding hydrogens is 317 g/mol. The lowest BCUT2D eigenvalue weighted by molar-refractivity contribution is 0.313. The standard InChI is InChI=1S/C17H16FNO3S/c18-15-5-2-6-16-17(15)19(9-10-22-16)23(20,21)14-8-7-12-3-1-4-13(12)11-14/h2,5-8,11H,1,3-4,9-10H2. The Kier molecular flexibility index (Phi) is 3.30. The zero-order valence-electron chi connectivity index (χ0n) is 12.5. The maximum absolute atomic E-state index is 14.2. The molecule has 0 saturated heterocycles. The van der Waals surface area contributed by atoms with Gasteiger partial charge in [0.2, 0.25) is 0 Å². The number of aryl methyl sites for hydroxylation is 2. The molecular formula is C17H16FNO3S. The van der Waals surface area contributed by atoms with Crippen LogP contribution >= 0.6 is 0 Å². The van der Waals surface area contributed by atoms with Gasteiger partial charge in [0.1, 0.15) is 18.0 Å². The van der Waals surface area contributed by atoms with Crippen LogP contribution in [-0.2, 0) is 22.9 Å². The van der Waals surface area contributed by atoms with Crippen molar-refractivity contribution in [2.75, 3.05) is 17.5 Å². The molecule has 2 aromatic carbocycles. The van der Waals surface area contributed by atoms with E-state index in [4.69, 9.17) is 4.74 Å². The Bertz CT molecular complexity index is 879. The minimum Gasteiger partial charge on any atom is -0.489 e. The molecule has 0 bridgehead atoms. The quantitative estimate of drug-likeness (QED) is 0.849. The van der Waals surface area contributed by atoms with E-state index in [1.807, 2.05) is 6.07 Å². The van der Waals surface area contributed by atoms with Gasteiger partial charge in [0.25, 0.3) is 10.0 Å². The molecule has 6 heteroatoms. The van der Waals surface area contributed by atoms with E-state index in [0.29, 0.717) is 0 Å². The van der Waals surface area contributed by atoms with Gasteiger partial charge in [0.05, 0.1) is 11.4 Å². The molecule has 23 heavy (non-hydrogen) atoms. The lowest BCUT2D eigenvalue weighted by atomic mass is 10.1. The fourth-order valence-electron chi connectivity index (χ4n) is 3.28. The molecule has 0 unspecified atom stereocenters. The summed E-state index contributed by atoms with van der Waals surface area (Å²) in [6.45, 7) is 0.313. The van der Waals surface area contributed by atoms with Crippen LogP contribution in [0, 0.1) is 5.82 Å². The number of nitrogens with zero attached hydrogens (tertiary/aromatic N) is 1. The first kappa shape index (κ1) is 14.5. The minimum absolute atomic E-state index is 0.000696. The number of ether oxygens (including phenoxy) is 1. The summed E-state index contributed by atoms with van der Waals surface area (Å²) in [5, 5.41) is 0. The number of rotatable bonds is 2. The van der Waals surface area contributed by atoms with Crippen molar-refractivity contribution in [3.8, 4) is 5.75 Å². The normalized spacial score (nSPS) is 16.7. The Morgan fingerprint density at radius 2 is 1.91 bits per heavy atom. The van der Waals surface area contributed by atoms with E-state index < -0.39 is 15.8 Å². The molecule has 0 amide bonds. The molecule has 1 aliphatic carbocycles. The Balaban J connectivity index is 1.82. The molecule has 1 aliphatic heterocycles. The molecule has 0 fully saturated rings. The first-order valence-corrected chi connectivity index (χ1v) is 9.07. The Labute approximate surface area is 134 Å². The van der Waals surface area contributed by atoms with E-state index in [2.05, 4.69) is 0 Å². The van der Waals surface area contributed by atoms with E-state index >= 15 is 0 Å². The topological polar surface area (TPSA) is 46.6 Å². The summed E-state index contributed by atoms with van der Waals surface area (Å²) in [4.78, 5) is 0.217. The number of hydrogen-bond donors (Lipinski definition) is 0. The summed E-state index contributed by atoms with van der Waals surface area (Å²) in [6, 6.07) is 9.57. The number of hydrogen-bond acceptors (Lipinski definition) is 3. The van der Waals surface area contributed by atoms with Crippen LogP contribution in [0.25, 0.3) is 0 Å². The van der Waals surface area contributed by atoms with Gasteiger partial charge >= 0.3 is 0 Å². The van der Waals surface area contributed by atoms with Gasteiger partial charge in [-0.05, 0) is 54.7 Å². The first-order valence-electron chi connectivity index (χ1n) is 7.63. The van der Waals surface area contributed by atoms with E-state index in [-0.39, 0.29) is 29.5 Å². The fourth-order valence-corrected chi connectivity index (χ4v) is 4.80. The zero-order valence-corrected chi connectivity index (χ0v) is 13.3. The molecule has 0 aromatic heterocycles. The maximum Gasteiger partial charge on any atom is 0.264 e. The third-order valence-electron chi connectivity index (χ3n) is 4.41. The number of anilines is 1. The molecule has 4 rings (SSSR count). The summed E-state index contributed by atoms with van der Waals surface area (Å²) in [6.07, 6.45) is 2.94. The molecule has 120 valence electrons.